The van der Waals surface area contributed by atoms with Crippen molar-refractivity contribution < 1.29 is 90.7 Å². The minimum Gasteiger partial charge on any atom is -0.313 e. The molecule has 0 radical (unpaired) electrons. The summed E-state index contributed by atoms with van der Waals surface area (Å²) in [7, 11) is 9.95. The lowest BCUT2D eigenvalue weighted by Crippen LogP contribution is -2.64. The average molecular weight is 2020 g/mol. The number of rotatable bonds is 24. The highest BCUT2D eigenvalue weighted by atomic mass is 19.1. The van der Waals surface area contributed by atoms with Crippen LogP contribution in [0.4, 0.5) is 33.2 Å². The summed E-state index contributed by atoms with van der Waals surface area (Å²) in [6.45, 7) is 14.0. The summed E-state index contributed by atoms with van der Waals surface area (Å²) in [6, 6.07) is 43.2. The molecule has 6 aliphatic heterocycles. The van der Waals surface area contributed by atoms with Crippen LogP contribution in [0.3, 0.4) is 0 Å². The maximum Gasteiger partial charge on any atom is 0.328 e. The molecule has 8 atom stereocenters. The monoisotopic (exact) mass is 2020 g/mol. The van der Waals surface area contributed by atoms with Gasteiger partial charge in [-0.25, -0.2) is 43.1 Å². The summed E-state index contributed by atoms with van der Waals surface area (Å²) < 4.78 is 13.3. The van der Waals surface area contributed by atoms with E-state index in [0.29, 0.717) is 69.5 Å². The van der Waals surface area contributed by atoms with Crippen molar-refractivity contribution in [1.29, 1.82) is 0 Å². The van der Waals surface area contributed by atoms with Gasteiger partial charge in [0.2, 0.25) is 0 Å². The summed E-state index contributed by atoms with van der Waals surface area (Å²) in [5.41, 5.74) is -2.56. The second-order valence-electron chi connectivity index (χ2n) is 43.6. The van der Waals surface area contributed by atoms with Crippen LogP contribution in [0.15, 0.2) is 189 Å². The van der Waals surface area contributed by atoms with Gasteiger partial charge in [-0.2, -0.15) is 0 Å². The average Bonchev–Trinajstić information content (AvgIpc) is 1.49. The molecule has 6 saturated heterocycles. The maximum absolute atomic E-state index is 13.6. The molecule has 8 heterocycles. The first-order valence-electron chi connectivity index (χ1n) is 51.8. The Kier molecular flexibility index (Phi) is 32.0. The van der Waals surface area contributed by atoms with Gasteiger partial charge in [-0.1, -0.05) is 205 Å². The minimum atomic E-state index is -1.21. The molecule has 1 spiro atoms. The van der Waals surface area contributed by atoms with Gasteiger partial charge in [0.05, 0.1) is 50.5 Å². The van der Waals surface area contributed by atoms with Crippen LogP contribution < -0.4 is 0 Å². The number of aromatic nitrogens is 3. The van der Waals surface area contributed by atoms with E-state index in [1.165, 1.54) is 92.0 Å². The normalized spacial score (nSPS) is 27.8. The van der Waals surface area contributed by atoms with E-state index in [1.807, 2.05) is 39.0 Å². The number of nitrogens with zero attached hydrogens (tertiary/aromatic N) is 15. The van der Waals surface area contributed by atoms with Gasteiger partial charge in [-0.05, 0) is 202 Å². The van der Waals surface area contributed by atoms with Crippen molar-refractivity contribution in [3.63, 3.8) is 0 Å². The zero-order valence-electron chi connectivity index (χ0n) is 87.1. The Hall–Kier alpha value is -14.1. The smallest absolute Gasteiger partial charge is 0.313 e. The van der Waals surface area contributed by atoms with Crippen molar-refractivity contribution in [1.82, 2.24) is 73.8 Å². The van der Waals surface area contributed by atoms with Gasteiger partial charge in [-0.3, -0.25) is 91.9 Å². The molecule has 14 aliphatic rings. The van der Waals surface area contributed by atoms with E-state index >= 15 is 0 Å². The van der Waals surface area contributed by atoms with Gasteiger partial charge in [0.1, 0.15) is 39.8 Å². The quantitative estimate of drug-likeness (QED) is 0.0400. The number of imide groups is 6. The van der Waals surface area contributed by atoms with Crippen LogP contribution in [-0.4, -0.2) is 289 Å². The molecule has 4 bridgehead atoms. The lowest BCUT2D eigenvalue weighted by atomic mass is 9.44. The Labute approximate surface area is 863 Å². The molecule has 2 aromatic heterocycles. The van der Waals surface area contributed by atoms with Crippen LogP contribution in [0.1, 0.15) is 258 Å². The molecule has 5 unspecified atom stereocenters. The number of ketones is 6. The number of hydrogen-bond acceptors (Lipinski definition) is 21. The molecule has 7 aromatic rings. The van der Waals surface area contributed by atoms with Gasteiger partial charge in [-0.15, -0.1) is 0 Å². The number of hydrogen-bond donors (Lipinski definition) is 0. The first-order valence-corrected chi connectivity index (χ1v) is 51.8. The van der Waals surface area contributed by atoms with Gasteiger partial charge < -0.3 is 29.4 Å². The number of urea groups is 6. The van der Waals surface area contributed by atoms with Crippen molar-refractivity contribution in [2.24, 2.45) is 58.7 Å². The first-order chi connectivity index (χ1) is 70.4. The molecule has 148 heavy (non-hydrogen) atoms. The van der Waals surface area contributed by atoms with E-state index in [9.17, 15) is 90.7 Å². The number of Topliss-reactive ketones (excluding diaryl/α,β-unsaturated/α-hetero) is 6. The van der Waals surface area contributed by atoms with E-state index in [2.05, 4.69) is 35.7 Å². The predicted molar refractivity (Wildman–Crippen MR) is 545 cm³/mol. The predicted octanol–water partition coefficient (Wildman–Crippen LogP) is 16.5. The molecule has 14 fully saturated rings. The molecule has 5 aromatic carbocycles. The number of amides is 18. The number of halogens is 1. The summed E-state index contributed by atoms with van der Waals surface area (Å²) in [5.74, 6) is -0.497. The van der Waals surface area contributed by atoms with Crippen LogP contribution in [0.2, 0.25) is 0 Å². The first kappa shape index (κ1) is 108. The molecule has 0 N–H and O–H groups in total. The maximum atomic E-state index is 13.6. The molecule has 33 nitrogen and oxygen atoms in total. The van der Waals surface area contributed by atoms with Crippen LogP contribution in [-0.2, 0) is 34.3 Å². The van der Waals surface area contributed by atoms with Gasteiger partial charge in [0, 0.05) is 94.1 Å². The van der Waals surface area contributed by atoms with Crippen molar-refractivity contribution in [3.8, 4) is 0 Å². The third-order valence-electron chi connectivity index (χ3n) is 35.1. The molecule has 782 valence electrons. The standard InChI is InChI=1S/C23H28N2O3.C21H28N2O3.C18H21FN2O3.C18H17N3O3.C17H22N4O3.C17H20N2O3/c1-22(23-11-15-8-16(12-23)10-17(9-15)13-23)20(27)25(21(28)24(22)2)14-19(26)18-6-4-3-5-7-18;1-14(2)17-11-10-15(3)12-21(17)19(25)23(20(26)22(21)4)13-18(24)16-8-6-5-7-9-16;1-18(13-7-3-4-8-13)16(23)21(17(24)20(18)2)11-15(22)12-6-5-9-14(19)10-12;1-18(15-10-6-7-11-19-15)16(23)21(17(24)20(18)2)12-14(22)13-8-4-3-5-9-13;1-17(13-6-4-3-5-7-13)15(23)21(16(24)20(17)2)10-14(22)12-8-18-11-19-9-12;1-17(13-9-6-10-13)15(21)19(16(22)18(17)2)11-14(20)12-7-4-3-5-8-12/h3-7,15-17H,8-14H2,1-2H3;5-9,14-15,17H,10-13H2,1-4H3;5-6,9-10,13H,3-4,7-8,11H2,1-2H3;3-11H,12H2,1-2H3;8-9,11,13H,3-7,10H2,1-2H3;3-5,7-8,13H,6,9-11H2,1-2H3/t;15-,17+,21+;;;;/m.1..../s1. The molecule has 8 aliphatic carbocycles. The van der Waals surface area contributed by atoms with Crippen molar-refractivity contribution in [2.45, 2.75) is 223 Å². The van der Waals surface area contributed by atoms with E-state index < -0.39 is 68.8 Å². The Bertz CT molecular complexity index is 6240. The number of carbonyl (C=O) groups is 18. The fraction of sp³-hybridized carbons (Fsp3) is 0.500. The second-order valence-corrected chi connectivity index (χ2v) is 43.6. The molecule has 18 amide bonds. The highest BCUT2D eigenvalue weighted by molar-refractivity contribution is 6.16. The Balaban J connectivity index is 0.000000133. The lowest BCUT2D eigenvalue weighted by Gasteiger charge is -2.62. The molecule has 8 saturated carbocycles. The van der Waals surface area contributed by atoms with Crippen molar-refractivity contribution >= 4 is 106 Å². The zero-order valence-corrected chi connectivity index (χ0v) is 87.1. The van der Waals surface area contributed by atoms with Crippen LogP contribution >= 0.6 is 0 Å². The van der Waals surface area contributed by atoms with Crippen molar-refractivity contribution in [2.75, 3.05) is 81.6 Å². The van der Waals surface area contributed by atoms with Gasteiger partial charge in [0.15, 0.2) is 40.2 Å². The fourth-order valence-electron chi connectivity index (χ4n) is 25.7. The fourth-order valence-corrected chi connectivity index (χ4v) is 25.7. The number of pyridine rings is 1. The van der Waals surface area contributed by atoms with Crippen LogP contribution in [0.25, 0.3) is 0 Å². The van der Waals surface area contributed by atoms with Crippen molar-refractivity contribution in [3.05, 3.63) is 234 Å². The molecule has 34 heteroatoms. The van der Waals surface area contributed by atoms with Gasteiger partial charge >= 0.3 is 36.2 Å². The van der Waals surface area contributed by atoms with Crippen LogP contribution in [0, 0.1) is 64.5 Å². The molecular formula is C114H136FN15O18. The Morgan fingerprint density at radius 3 is 1.05 bits per heavy atom. The van der Waals surface area contributed by atoms with Gasteiger partial charge in [0.25, 0.3) is 35.4 Å². The SMILES string of the molecule is CC(C)[C@@H]1CC[C@@H](C)C[C@@]12C(=O)N(CC(=O)c1ccccc1)C(=O)N2C.CN1C(=O)N(CC(=O)c2cccc(F)c2)C(=O)C1(C)C1CCCC1.CN1C(=O)N(CC(=O)c2ccccc2)C(=O)C1(C)C12CC3CC(CC(C3)C1)C2.CN1C(=O)N(CC(=O)c2ccccc2)C(=O)C1(C)C1CCC1.CN1C(=O)N(CC(=O)c2ccccc2)C(=O)C1(C)c1ccccn1.CN1C(=O)N(CC(=O)c2cncnc2)C(=O)C1(C)C1CCCCC1. The zero-order chi connectivity index (χ0) is 107. The second kappa shape index (κ2) is 43.8. The summed E-state index contributed by atoms with van der Waals surface area (Å²) in [5, 5.41) is 0. The number of benzene rings is 5. The summed E-state index contributed by atoms with van der Waals surface area (Å²) in [6.07, 6.45) is 27.5. The highest BCUT2D eigenvalue weighted by Gasteiger charge is 2.70. The van der Waals surface area contributed by atoms with E-state index in [1.54, 1.807) is 193 Å². The van der Waals surface area contributed by atoms with Crippen LogP contribution in [0.5, 0.6) is 0 Å². The lowest BCUT2D eigenvalue weighted by molar-refractivity contribution is -0.156. The summed E-state index contributed by atoms with van der Waals surface area (Å²) in [4.78, 5) is 257. The summed E-state index contributed by atoms with van der Waals surface area (Å²) >= 11 is 0. The third-order valence-corrected chi connectivity index (χ3v) is 35.1. The minimum absolute atomic E-state index is 0.119. The third kappa shape index (κ3) is 19.9. The number of carbonyl (C=O) groups excluding carboxylic acids is 18. The van der Waals surface area contributed by atoms with E-state index in [-0.39, 0.29) is 150 Å². The Morgan fingerprint density at radius 2 is 0.676 bits per heavy atom. The molecule has 21 rings (SSSR count). The Morgan fingerprint density at radius 1 is 0.345 bits per heavy atom. The number of likely N-dealkylation sites (N-methyl/N-ethyl adjacent to an activating group) is 6. The largest absolute Gasteiger partial charge is 0.328 e. The van der Waals surface area contributed by atoms with E-state index in [0.717, 1.165) is 128 Å². The topological polar surface area (TPSA) is 385 Å². The highest BCUT2D eigenvalue weighted by Crippen LogP contribution is 2.66. The van der Waals surface area contributed by atoms with E-state index in [4.69, 9.17) is 0 Å². The molecular weight excluding hydrogens is 1890 g/mol.